The molecule has 0 heterocycles. The van der Waals surface area contributed by atoms with Gasteiger partial charge in [0.2, 0.25) is 0 Å². The zero-order valence-corrected chi connectivity index (χ0v) is 11.9. The number of carbonyl (C=O) groups is 1. The Morgan fingerprint density at radius 1 is 1.22 bits per heavy atom. The second-order valence-corrected chi connectivity index (χ2v) is 4.59. The van der Waals surface area contributed by atoms with Crippen molar-refractivity contribution in [2.24, 2.45) is 0 Å². The highest BCUT2D eigenvalue weighted by atomic mass is 16.5. The molecule has 4 heteroatoms. The average Bonchev–Trinajstić information content (AvgIpc) is 2.28. The van der Waals surface area contributed by atoms with Crippen molar-refractivity contribution in [3.8, 4) is 5.75 Å². The van der Waals surface area contributed by atoms with Crippen molar-refractivity contribution in [1.29, 1.82) is 0 Å². The van der Waals surface area contributed by atoms with E-state index in [2.05, 4.69) is 0 Å². The van der Waals surface area contributed by atoms with Gasteiger partial charge in [0.1, 0.15) is 11.8 Å². The molecule has 0 spiro atoms. The molecule has 0 radical (unpaired) electrons. The van der Waals surface area contributed by atoms with E-state index < -0.39 is 6.04 Å². The Hall–Kier alpha value is -1.55. The Bertz CT molecular complexity index is 441. The van der Waals surface area contributed by atoms with Crippen LogP contribution in [-0.4, -0.2) is 39.2 Å². The molecular formula is C14H21NO3. The summed E-state index contributed by atoms with van der Waals surface area (Å²) in [6.07, 6.45) is 0. The van der Waals surface area contributed by atoms with Gasteiger partial charge in [0.05, 0.1) is 14.2 Å². The third kappa shape index (κ3) is 2.82. The van der Waals surface area contributed by atoms with Crippen molar-refractivity contribution < 1.29 is 14.3 Å². The first kappa shape index (κ1) is 14.5. The standard InChI is InChI=1S/C14H21NO3/c1-9-7-10(2)13(17-5)11(8-9)12(15(3)4)14(16)18-6/h7-8,12H,1-6H3. The van der Waals surface area contributed by atoms with E-state index in [1.54, 1.807) is 7.11 Å². The molecule has 0 N–H and O–H groups in total. The smallest absolute Gasteiger partial charge is 0.327 e. The Balaban J connectivity index is 3.39. The molecule has 1 unspecified atom stereocenters. The molecule has 0 saturated heterocycles. The van der Waals surface area contributed by atoms with Gasteiger partial charge >= 0.3 is 5.97 Å². The number of hydrogen-bond acceptors (Lipinski definition) is 4. The highest BCUT2D eigenvalue weighted by molar-refractivity contribution is 5.79. The summed E-state index contributed by atoms with van der Waals surface area (Å²) in [5, 5.41) is 0. The first-order chi connectivity index (χ1) is 8.42. The number of rotatable bonds is 4. The third-order valence-corrected chi connectivity index (χ3v) is 2.89. The van der Waals surface area contributed by atoms with Crippen LogP contribution >= 0.6 is 0 Å². The zero-order valence-electron chi connectivity index (χ0n) is 11.9. The molecule has 0 fully saturated rings. The third-order valence-electron chi connectivity index (χ3n) is 2.89. The van der Waals surface area contributed by atoms with Crippen LogP contribution in [0.5, 0.6) is 5.75 Å². The van der Waals surface area contributed by atoms with Crippen LogP contribution in [0.3, 0.4) is 0 Å². The number of carbonyl (C=O) groups excluding carboxylic acids is 1. The van der Waals surface area contributed by atoms with Crippen LogP contribution in [0.15, 0.2) is 12.1 Å². The topological polar surface area (TPSA) is 38.8 Å². The number of hydrogen-bond donors (Lipinski definition) is 0. The number of ether oxygens (including phenoxy) is 2. The van der Waals surface area contributed by atoms with E-state index in [0.717, 1.165) is 22.4 Å². The lowest BCUT2D eigenvalue weighted by molar-refractivity contribution is -0.146. The van der Waals surface area contributed by atoms with E-state index in [0.29, 0.717) is 0 Å². The van der Waals surface area contributed by atoms with Crippen LogP contribution in [-0.2, 0) is 9.53 Å². The van der Waals surface area contributed by atoms with Crippen molar-refractivity contribution in [3.05, 3.63) is 28.8 Å². The molecule has 1 aromatic rings. The maximum absolute atomic E-state index is 11.9. The number of likely N-dealkylation sites (N-methyl/N-ethyl adjacent to an activating group) is 1. The molecule has 18 heavy (non-hydrogen) atoms. The number of nitrogens with zero attached hydrogens (tertiary/aromatic N) is 1. The van der Waals surface area contributed by atoms with Gasteiger partial charge in [-0.25, -0.2) is 4.79 Å². The van der Waals surface area contributed by atoms with Gasteiger partial charge in [-0.1, -0.05) is 17.7 Å². The minimum absolute atomic E-state index is 0.289. The largest absolute Gasteiger partial charge is 0.496 e. The molecule has 1 atom stereocenters. The maximum Gasteiger partial charge on any atom is 0.327 e. The summed E-state index contributed by atoms with van der Waals surface area (Å²) in [7, 11) is 6.70. The lowest BCUT2D eigenvalue weighted by atomic mass is 9.99. The van der Waals surface area contributed by atoms with E-state index in [-0.39, 0.29) is 5.97 Å². The van der Waals surface area contributed by atoms with Crippen LogP contribution in [0.1, 0.15) is 22.7 Å². The predicted octanol–water partition coefficient (Wildman–Crippen LogP) is 2.09. The molecule has 0 aromatic heterocycles. The Morgan fingerprint density at radius 2 is 1.83 bits per heavy atom. The van der Waals surface area contributed by atoms with Crippen LogP contribution in [0, 0.1) is 13.8 Å². The number of aryl methyl sites for hydroxylation is 2. The molecule has 0 saturated carbocycles. The molecule has 0 aliphatic rings. The Morgan fingerprint density at radius 3 is 2.28 bits per heavy atom. The fourth-order valence-electron chi connectivity index (χ4n) is 2.20. The van der Waals surface area contributed by atoms with E-state index >= 15 is 0 Å². The summed E-state index contributed by atoms with van der Waals surface area (Å²) < 4.78 is 10.3. The molecule has 0 amide bonds. The van der Waals surface area contributed by atoms with Crippen molar-refractivity contribution in [3.63, 3.8) is 0 Å². The number of benzene rings is 1. The summed E-state index contributed by atoms with van der Waals surface area (Å²) in [5.41, 5.74) is 2.95. The number of methoxy groups -OCH3 is 2. The minimum atomic E-state index is -0.455. The van der Waals surface area contributed by atoms with E-state index in [4.69, 9.17) is 9.47 Å². The van der Waals surface area contributed by atoms with Crippen LogP contribution in [0.2, 0.25) is 0 Å². The second-order valence-electron chi connectivity index (χ2n) is 4.59. The number of esters is 1. The molecule has 1 aromatic carbocycles. The minimum Gasteiger partial charge on any atom is -0.496 e. The van der Waals surface area contributed by atoms with Crippen molar-refractivity contribution in [1.82, 2.24) is 4.90 Å². The van der Waals surface area contributed by atoms with Gasteiger partial charge in [0, 0.05) is 5.56 Å². The first-order valence-electron chi connectivity index (χ1n) is 5.81. The molecule has 0 aliphatic heterocycles. The fraction of sp³-hybridized carbons (Fsp3) is 0.500. The SMILES string of the molecule is COC(=O)C(c1cc(C)cc(C)c1OC)N(C)C. The lowest BCUT2D eigenvalue weighted by Crippen LogP contribution is -2.29. The van der Waals surface area contributed by atoms with Gasteiger partial charge in [-0.15, -0.1) is 0 Å². The highest BCUT2D eigenvalue weighted by Gasteiger charge is 2.27. The van der Waals surface area contributed by atoms with Crippen LogP contribution in [0.4, 0.5) is 0 Å². The summed E-state index contributed by atoms with van der Waals surface area (Å²) in [6.45, 7) is 3.97. The van der Waals surface area contributed by atoms with Gasteiger partial charge in [0.15, 0.2) is 0 Å². The molecule has 100 valence electrons. The molecule has 4 nitrogen and oxygen atoms in total. The van der Waals surface area contributed by atoms with Crippen LogP contribution in [0.25, 0.3) is 0 Å². The summed E-state index contributed by atoms with van der Waals surface area (Å²) in [6, 6.07) is 3.54. The normalized spacial score (nSPS) is 12.4. The summed E-state index contributed by atoms with van der Waals surface area (Å²) in [5.74, 6) is 0.452. The maximum atomic E-state index is 11.9. The first-order valence-corrected chi connectivity index (χ1v) is 5.81. The Labute approximate surface area is 108 Å². The highest BCUT2D eigenvalue weighted by Crippen LogP contribution is 2.33. The zero-order chi connectivity index (χ0) is 13.9. The molecular weight excluding hydrogens is 230 g/mol. The van der Waals surface area contributed by atoms with Gasteiger partial charge in [-0.3, -0.25) is 4.90 Å². The van der Waals surface area contributed by atoms with E-state index in [1.807, 2.05) is 45.0 Å². The van der Waals surface area contributed by atoms with E-state index in [1.165, 1.54) is 7.11 Å². The second kappa shape index (κ2) is 5.87. The van der Waals surface area contributed by atoms with Gasteiger partial charge in [0.25, 0.3) is 0 Å². The summed E-state index contributed by atoms with van der Waals surface area (Å²) >= 11 is 0. The Kier molecular flexibility index (Phi) is 4.73. The van der Waals surface area contributed by atoms with Crippen molar-refractivity contribution in [2.45, 2.75) is 19.9 Å². The molecule has 0 aliphatic carbocycles. The quantitative estimate of drug-likeness (QED) is 0.768. The van der Waals surface area contributed by atoms with Gasteiger partial charge < -0.3 is 9.47 Å². The predicted molar refractivity (Wildman–Crippen MR) is 70.9 cm³/mol. The fourth-order valence-corrected chi connectivity index (χ4v) is 2.20. The van der Waals surface area contributed by atoms with Crippen LogP contribution < -0.4 is 4.74 Å². The molecule has 1 rings (SSSR count). The van der Waals surface area contributed by atoms with Crippen molar-refractivity contribution >= 4 is 5.97 Å². The van der Waals surface area contributed by atoms with Gasteiger partial charge in [-0.05, 0) is 33.5 Å². The van der Waals surface area contributed by atoms with E-state index in [9.17, 15) is 4.79 Å². The van der Waals surface area contributed by atoms with Gasteiger partial charge in [-0.2, -0.15) is 0 Å². The van der Waals surface area contributed by atoms with Crippen molar-refractivity contribution in [2.75, 3.05) is 28.3 Å². The lowest BCUT2D eigenvalue weighted by Gasteiger charge is -2.25. The summed E-state index contributed by atoms with van der Waals surface area (Å²) in [4.78, 5) is 13.7. The average molecular weight is 251 g/mol. The molecule has 0 bridgehead atoms. The monoisotopic (exact) mass is 251 g/mol.